The molecule has 13 heteroatoms. The van der Waals surface area contributed by atoms with Crippen molar-refractivity contribution in [1.29, 1.82) is 0 Å². The Balaban J connectivity index is 0.000000474. The van der Waals surface area contributed by atoms with E-state index in [-0.39, 0.29) is 17.7 Å². The third kappa shape index (κ3) is 17.0. The number of benzene rings is 2. The average Bonchev–Trinajstić information content (AvgIpc) is 2.98. The molecule has 3 N–H and O–H groups in total. The van der Waals surface area contributed by atoms with Crippen molar-refractivity contribution in [2.45, 2.75) is 83.3 Å². The molecule has 0 fully saturated rings. The van der Waals surface area contributed by atoms with Crippen LogP contribution < -0.4 is 0 Å². The van der Waals surface area contributed by atoms with E-state index in [4.69, 9.17) is 14.0 Å². The molecule has 0 radical (unpaired) electrons. The maximum Gasteiger partial charge on any atom is 0.397 e. The Kier molecular flexibility index (Phi) is 18.1. The van der Waals surface area contributed by atoms with Gasteiger partial charge < -0.3 is 19.7 Å². The second-order valence-electron chi connectivity index (χ2n) is 9.49. The number of hydrogen-bond donors (Lipinski definition) is 3. The minimum absolute atomic E-state index is 0.0253. The highest BCUT2D eigenvalue weighted by Crippen LogP contribution is 2.14. The van der Waals surface area contributed by atoms with Gasteiger partial charge in [0.15, 0.2) is 0 Å². The molecule has 238 valence electrons. The van der Waals surface area contributed by atoms with Gasteiger partial charge in [-0.1, -0.05) is 101 Å². The maximum atomic E-state index is 12.0. The van der Waals surface area contributed by atoms with Crippen LogP contribution in [-0.2, 0) is 33.6 Å². The van der Waals surface area contributed by atoms with E-state index < -0.39 is 46.5 Å². The zero-order valence-electron chi connectivity index (χ0n) is 24.1. The second kappa shape index (κ2) is 21.0. The molecule has 2 atom stereocenters. The molecule has 0 bridgehead atoms. The minimum atomic E-state index is -4.23. The number of esters is 2. The summed E-state index contributed by atoms with van der Waals surface area (Å²) in [5, 5.41) is 18.5. The van der Waals surface area contributed by atoms with E-state index >= 15 is 0 Å². The van der Waals surface area contributed by atoms with Gasteiger partial charge in [-0.2, -0.15) is 8.42 Å². The van der Waals surface area contributed by atoms with Gasteiger partial charge in [0.25, 0.3) is 0 Å². The van der Waals surface area contributed by atoms with Gasteiger partial charge in [0, 0.05) is 0 Å². The van der Waals surface area contributed by atoms with Crippen LogP contribution in [0.1, 0.15) is 91.8 Å². The quantitative estimate of drug-likeness (QED) is 0.104. The Hall–Kier alpha value is -3.81. The van der Waals surface area contributed by atoms with Gasteiger partial charge in [-0.05, 0) is 30.7 Å². The molecule has 0 aliphatic rings. The molecule has 0 aliphatic carbocycles. The summed E-state index contributed by atoms with van der Waals surface area (Å²) >= 11 is 0. The summed E-state index contributed by atoms with van der Waals surface area (Å²) in [4.78, 5) is 46.8. The number of unbranched alkanes of at least 4 members (excludes halogenated alkanes) is 9. The first-order chi connectivity index (χ1) is 20.5. The Morgan fingerprint density at radius 1 is 0.628 bits per heavy atom. The lowest BCUT2D eigenvalue weighted by molar-refractivity contribution is -0.166. The van der Waals surface area contributed by atoms with Crippen molar-refractivity contribution in [2.24, 2.45) is 0 Å². The molecule has 0 aromatic heterocycles. The first-order valence-electron chi connectivity index (χ1n) is 14.1. The SMILES string of the molecule is CCCCCCCCCCCCOS(=O)(=O)O.O=C(OC(C(=O)O)C(OC(=O)c1ccccc1)C(=O)O)c1ccccc1. The summed E-state index contributed by atoms with van der Waals surface area (Å²) in [7, 11) is -4.23. The van der Waals surface area contributed by atoms with E-state index in [1.54, 1.807) is 12.1 Å². The summed E-state index contributed by atoms with van der Waals surface area (Å²) in [6.45, 7) is 2.31. The number of carboxylic acids is 2. The molecule has 2 aromatic rings. The van der Waals surface area contributed by atoms with Crippen LogP contribution in [-0.4, -0.2) is 65.9 Å². The van der Waals surface area contributed by atoms with Gasteiger partial charge in [-0.25, -0.2) is 23.4 Å². The first-order valence-corrected chi connectivity index (χ1v) is 15.4. The van der Waals surface area contributed by atoms with Crippen molar-refractivity contribution in [3.05, 3.63) is 71.8 Å². The molecule has 12 nitrogen and oxygen atoms in total. The molecule has 0 saturated heterocycles. The number of ether oxygens (including phenoxy) is 2. The summed E-state index contributed by atoms with van der Waals surface area (Å²) in [6.07, 6.45) is 7.42. The lowest BCUT2D eigenvalue weighted by Gasteiger charge is -2.21. The minimum Gasteiger partial charge on any atom is -0.478 e. The van der Waals surface area contributed by atoms with Crippen molar-refractivity contribution >= 4 is 34.3 Å². The van der Waals surface area contributed by atoms with Gasteiger partial charge in [0.1, 0.15) is 0 Å². The van der Waals surface area contributed by atoms with E-state index in [0.717, 1.165) is 12.8 Å². The molecule has 2 rings (SSSR count). The molecule has 0 saturated carbocycles. The molecule has 2 aromatic carbocycles. The van der Waals surface area contributed by atoms with E-state index in [1.165, 1.54) is 93.5 Å². The predicted molar refractivity (Wildman–Crippen MR) is 156 cm³/mol. The van der Waals surface area contributed by atoms with Crippen molar-refractivity contribution in [2.75, 3.05) is 6.61 Å². The van der Waals surface area contributed by atoms with E-state index in [9.17, 15) is 37.8 Å². The first kappa shape index (κ1) is 37.2. The smallest absolute Gasteiger partial charge is 0.397 e. The third-order valence-electron chi connectivity index (χ3n) is 5.98. The number of hydrogen-bond acceptors (Lipinski definition) is 9. The lowest BCUT2D eigenvalue weighted by Crippen LogP contribution is -2.45. The van der Waals surface area contributed by atoms with Crippen molar-refractivity contribution in [1.82, 2.24) is 0 Å². The van der Waals surface area contributed by atoms with Gasteiger partial charge in [-0.3, -0.25) is 4.55 Å². The molecule has 0 aliphatic heterocycles. The van der Waals surface area contributed by atoms with Crippen LogP contribution in [0.3, 0.4) is 0 Å². The number of carbonyl (C=O) groups excluding carboxylic acids is 2. The van der Waals surface area contributed by atoms with Crippen LogP contribution in [0, 0.1) is 0 Å². The van der Waals surface area contributed by atoms with Crippen LogP contribution in [0.4, 0.5) is 0 Å². The Morgan fingerprint density at radius 2 is 0.977 bits per heavy atom. The molecule has 2 unspecified atom stereocenters. The highest BCUT2D eigenvalue weighted by molar-refractivity contribution is 7.80. The second-order valence-corrected chi connectivity index (χ2v) is 10.6. The van der Waals surface area contributed by atoms with Gasteiger partial charge in [0.05, 0.1) is 17.7 Å². The van der Waals surface area contributed by atoms with Crippen LogP contribution >= 0.6 is 0 Å². The molecule has 0 spiro atoms. The van der Waals surface area contributed by atoms with Crippen LogP contribution in [0.25, 0.3) is 0 Å². The number of carboxylic acid groups (broad SMARTS) is 2. The zero-order chi connectivity index (χ0) is 32.1. The van der Waals surface area contributed by atoms with Gasteiger partial charge >= 0.3 is 34.3 Å². The zero-order valence-corrected chi connectivity index (χ0v) is 24.9. The van der Waals surface area contributed by atoms with Crippen LogP contribution in [0.15, 0.2) is 60.7 Å². The monoisotopic (exact) mass is 624 g/mol. The van der Waals surface area contributed by atoms with Gasteiger partial charge in [-0.15, -0.1) is 0 Å². The largest absolute Gasteiger partial charge is 0.478 e. The predicted octanol–water partition coefficient (Wildman–Crippen LogP) is 5.33. The van der Waals surface area contributed by atoms with E-state index in [2.05, 4.69) is 11.1 Å². The van der Waals surface area contributed by atoms with Crippen molar-refractivity contribution in [3.63, 3.8) is 0 Å². The molecule has 43 heavy (non-hydrogen) atoms. The Bertz CT molecular complexity index is 1150. The Labute approximate surface area is 251 Å². The summed E-state index contributed by atoms with van der Waals surface area (Å²) in [5.74, 6) is -5.63. The maximum absolute atomic E-state index is 12.0. The number of carbonyl (C=O) groups is 4. The number of rotatable bonds is 19. The fourth-order valence-corrected chi connectivity index (χ4v) is 4.08. The topological polar surface area (TPSA) is 191 Å². The molecular formula is C30H40O12S. The summed E-state index contributed by atoms with van der Waals surface area (Å²) < 4.78 is 42.5. The highest BCUT2D eigenvalue weighted by Gasteiger charge is 2.41. The fraction of sp³-hybridized carbons (Fsp3) is 0.467. The molecular weight excluding hydrogens is 584 g/mol. The Morgan fingerprint density at radius 3 is 1.30 bits per heavy atom. The van der Waals surface area contributed by atoms with Crippen LogP contribution in [0.2, 0.25) is 0 Å². The van der Waals surface area contributed by atoms with E-state index in [0.29, 0.717) is 6.42 Å². The van der Waals surface area contributed by atoms with Crippen molar-refractivity contribution in [3.8, 4) is 0 Å². The van der Waals surface area contributed by atoms with Crippen molar-refractivity contribution < 1.29 is 56.0 Å². The number of aliphatic carboxylic acids is 2. The molecule has 0 heterocycles. The summed E-state index contributed by atoms with van der Waals surface area (Å²) in [6, 6.07) is 14.8. The highest BCUT2D eigenvalue weighted by atomic mass is 32.3. The standard InChI is InChI=1S/C18H14O8.C12H26O4S/c19-15(20)13(25-17(23)11-7-3-1-4-8-11)14(16(21)22)26-18(24)12-9-5-2-6-10-12;1-2-3-4-5-6-7-8-9-10-11-12-16-17(13,14)15/h1-10,13-14H,(H,19,20)(H,21,22);2-12H2,1H3,(H,13,14,15). The lowest BCUT2D eigenvalue weighted by atomic mass is 10.1. The van der Waals surface area contributed by atoms with Crippen LogP contribution in [0.5, 0.6) is 0 Å². The fourth-order valence-electron chi connectivity index (χ4n) is 3.75. The normalized spacial score (nSPS) is 12.2. The summed E-state index contributed by atoms with van der Waals surface area (Å²) in [5.41, 5.74) is 0.0505. The average molecular weight is 625 g/mol. The van der Waals surface area contributed by atoms with E-state index in [1.807, 2.05) is 0 Å². The third-order valence-corrected chi connectivity index (χ3v) is 6.44. The molecule has 0 amide bonds. The van der Waals surface area contributed by atoms with Gasteiger partial charge in [0.2, 0.25) is 12.2 Å².